The smallest absolute Gasteiger partial charge is 0.320 e. The number of carboxylic acid groups (broad SMARTS) is 1. The summed E-state index contributed by atoms with van der Waals surface area (Å²) < 4.78 is 5.59. The Bertz CT molecular complexity index is 390. The monoisotopic (exact) mass is 237 g/mol. The third-order valence-electron chi connectivity index (χ3n) is 2.52. The highest BCUT2D eigenvalue weighted by atomic mass is 16.5. The fraction of sp³-hybridized carbons (Fsp3) is 0.462. The SMILES string of the molecule is Cc1ccc(C)c(OCCN[C@@H](C)C(=O)O)c1. The molecule has 0 unspecified atom stereocenters. The van der Waals surface area contributed by atoms with E-state index in [0.717, 1.165) is 16.9 Å². The van der Waals surface area contributed by atoms with Crippen LogP contribution in [0.4, 0.5) is 0 Å². The number of rotatable bonds is 6. The van der Waals surface area contributed by atoms with Gasteiger partial charge < -0.3 is 15.2 Å². The fourth-order valence-electron chi connectivity index (χ4n) is 1.39. The number of hydrogen-bond donors (Lipinski definition) is 2. The molecule has 1 atom stereocenters. The second kappa shape index (κ2) is 6.25. The molecule has 17 heavy (non-hydrogen) atoms. The average Bonchev–Trinajstić information content (AvgIpc) is 2.28. The third kappa shape index (κ3) is 4.44. The molecule has 0 saturated carbocycles. The Morgan fingerprint density at radius 1 is 1.47 bits per heavy atom. The van der Waals surface area contributed by atoms with Gasteiger partial charge >= 0.3 is 5.97 Å². The number of carboxylic acids is 1. The first-order chi connectivity index (χ1) is 8.00. The van der Waals surface area contributed by atoms with Crippen LogP contribution >= 0.6 is 0 Å². The van der Waals surface area contributed by atoms with E-state index in [1.54, 1.807) is 6.92 Å². The lowest BCUT2D eigenvalue weighted by molar-refractivity contribution is -0.139. The van der Waals surface area contributed by atoms with Gasteiger partial charge in [0.1, 0.15) is 18.4 Å². The number of carbonyl (C=O) groups is 1. The summed E-state index contributed by atoms with van der Waals surface area (Å²) in [6.07, 6.45) is 0. The second-order valence-electron chi connectivity index (χ2n) is 4.13. The number of ether oxygens (including phenoxy) is 1. The number of hydrogen-bond acceptors (Lipinski definition) is 3. The van der Waals surface area contributed by atoms with Crippen molar-refractivity contribution in [2.24, 2.45) is 0 Å². The summed E-state index contributed by atoms with van der Waals surface area (Å²) in [5.41, 5.74) is 2.24. The molecule has 0 bridgehead atoms. The maximum absolute atomic E-state index is 10.6. The predicted molar refractivity (Wildman–Crippen MR) is 66.5 cm³/mol. The summed E-state index contributed by atoms with van der Waals surface area (Å²) >= 11 is 0. The van der Waals surface area contributed by atoms with Gasteiger partial charge in [-0.25, -0.2) is 0 Å². The van der Waals surface area contributed by atoms with Crippen molar-refractivity contribution >= 4 is 5.97 Å². The largest absolute Gasteiger partial charge is 0.492 e. The first-order valence-corrected chi connectivity index (χ1v) is 5.67. The van der Waals surface area contributed by atoms with Gasteiger partial charge in [-0.1, -0.05) is 12.1 Å². The van der Waals surface area contributed by atoms with Crippen LogP contribution in [0.15, 0.2) is 18.2 Å². The Hall–Kier alpha value is -1.55. The second-order valence-corrected chi connectivity index (χ2v) is 4.13. The van der Waals surface area contributed by atoms with Gasteiger partial charge in [-0.3, -0.25) is 4.79 Å². The zero-order chi connectivity index (χ0) is 12.8. The van der Waals surface area contributed by atoms with Gasteiger partial charge in [-0.2, -0.15) is 0 Å². The van der Waals surface area contributed by atoms with Crippen LogP contribution in [-0.2, 0) is 4.79 Å². The molecule has 94 valence electrons. The molecule has 4 nitrogen and oxygen atoms in total. The van der Waals surface area contributed by atoms with Gasteiger partial charge in [0.15, 0.2) is 0 Å². The lowest BCUT2D eigenvalue weighted by Gasteiger charge is -2.12. The Morgan fingerprint density at radius 3 is 2.82 bits per heavy atom. The summed E-state index contributed by atoms with van der Waals surface area (Å²) in [6.45, 7) is 6.59. The van der Waals surface area contributed by atoms with Gasteiger partial charge in [0, 0.05) is 6.54 Å². The molecule has 0 radical (unpaired) electrons. The number of aryl methyl sites for hydroxylation is 2. The van der Waals surface area contributed by atoms with Crippen molar-refractivity contribution < 1.29 is 14.6 Å². The molecule has 0 aliphatic carbocycles. The van der Waals surface area contributed by atoms with Crippen LogP contribution < -0.4 is 10.1 Å². The van der Waals surface area contributed by atoms with E-state index in [-0.39, 0.29) is 0 Å². The van der Waals surface area contributed by atoms with Crippen molar-refractivity contribution in [1.29, 1.82) is 0 Å². The third-order valence-corrected chi connectivity index (χ3v) is 2.52. The average molecular weight is 237 g/mol. The van der Waals surface area contributed by atoms with Crippen LogP contribution in [0.2, 0.25) is 0 Å². The minimum Gasteiger partial charge on any atom is -0.492 e. The van der Waals surface area contributed by atoms with Crippen molar-refractivity contribution in [3.63, 3.8) is 0 Å². The van der Waals surface area contributed by atoms with Crippen molar-refractivity contribution in [2.45, 2.75) is 26.8 Å². The molecular weight excluding hydrogens is 218 g/mol. The summed E-state index contributed by atoms with van der Waals surface area (Å²) in [4.78, 5) is 10.6. The van der Waals surface area contributed by atoms with E-state index in [1.165, 1.54) is 0 Å². The van der Waals surface area contributed by atoms with E-state index in [0.29, 0.717) is 13.2 Å². The van der Waals surface area contributed by atoms with Gasteiger partial charge in [-0.05, 0) is 38.0 Å². The van der Waals surface area contributed by atoms with Crippen molar-refractivity contribution in [2.75, 3.05) is 13.2 Å². The highest BCUT2D eigenvalue weighted by molar-refractivity contribution is 5.72. The summed E-state index contributed by atoms with van der Waals surface area (Å²) in [6, 6.07) is 5.48. The molecule has 0 saturated heterocycles. The Kier molecular flexibility index (Phi) is 4.97. The molecule has 0 aromatic heterocycles. The highest BCUT2D eigenvalue weighted by Gasteiger charge is 2.08. The van der Waals surface area contributed by atoms with Crippen LogP contribution in [0, 0.1) is 13.8 Å². The highest BCUT2D eigenvalue weighted by Crippen LogP contribution is 2.18. The molecule has 0 aliphatic rings. The molecule has 0 spiro atoms. The molecule has 0 fully saturated rings. The molecule has 0 amide bonds. The molecule has 1 aromatic rings. The van der Waals surface area contributed by atoms with E-state index < -0.39 is 12.0 Å². The molecule has 4 heteroatoms. The topological polar surface area (TPSA) is 58.6 Å². The van der Waals surface area contributed by atoms with Crippen LogP contribution in [0.5, 0.6) is 5.75 Å². The Balaban J connectivity index is 2.36. The first kappa shape index (κ1) is 13.5. The van der Waals surface area contributed by atoms with Crippen LogP contribution in [0.1, 0.15) is 18.1 Å². The van der Waals surface area contributed by atoms with E-state index in [1.807, 2.05) is 32.0 Å². The molecular formula is C13H19NO3. The zero-order valence-electron chi connectivity index (χ0n) is 10.5. The molecule has 1 rings (SSSR count). The standard InChI is InChI=1S/C13H19NO3/c1-9-4-5-10(2)12(8-9)17-7-6-14-11(3)13(15)16/h4-5,8,11,14H,6-7H2,1-3H3,(H,15,16)/t11-/m0/s1. The first-order valence-electron chi connectivity index (χ1n) is 5.67. The number of benzene rings is 1. The van der Waals surface area contributed by atoms with E-state index in [2.05, 4.69) is 5.32 Å². The molecule has 2 N–H and O–H groups in total. The van der Waals surface area contributed by atoms with Gasteiger partial charge in [-0.15, -0.1) is 0 Å². The minimum atomic E-state index is -0.850. The van der Waals surface area contributed by atoms with Crippen LogP contribution in [0.3, 0.4) is 0 Å². The van der Waals surface area contributed by atoms with Crippen LogP contribution in [-0.4, -0.2) is 30.3 Å². The van der Waals surface area contributed by atoms with Crippen LogP contribution in [0.25, 0.3) is 0 Å². The maximum Gasteiger partial charge on any atom is 0.320 e. The predicted octanol–water partition coefficient (Wildman–Crippen LogP) is 1.74. The van der Waals surface area contributed by atoms with E-state index >= 15 is 0 Å². The van der Waals surface area contributed by atoms with E-state index in [9.17, 15) is 4.79 Å². The number of aliphatic carboxylic acids is 1. The van der Waals surface area contributed by atoms with Gasteiger partial charge in [0.05, 0.1) is 0 Å². The Labute approximate surface area is 102 Å². The minimum absolute atomic E-state index is 0.460. The summed E-state index contributed by atoms with van der Waals surface area (Å²) in [5.74, 6) is 0.00603. The zero-order valence-corrected chi connectivity index (χ0v) is 10.5. The number of nitrogens with one attached hydrogen (secondary N) is 1. The lowest BCUT2D eigenvalue weighted by atomic mass is 10.1. The van der Waals surface area contributed by atoms with Crippen molar-refractivity contribution in [3.05, 3.63) is 29.3 Å². The summed E-state index contributed by atoms with van der Waals surface area (Å²) in [5, 5.41) is 11.5. The van der Waals surface area contributed by atoms with Gasteiger partial charge in [0.25, 0.3) is 0 Å². The van der Waals surface area contributed by atoms with Gasteiger partial charge in [0.2, 0.25) is 0 Å². The maximum atomic E-state index is 10.6. The quantitative estimate of drug-likeness (QED) is 0.740. The van der Waals surface area contributed by atoms with E-state index in [4.69, 9.17) is 9.84 Å². The Morgan fingerprint density at radius 2 is 2.18 bits per heavy atom. The lowest BCUT2D eigenvalue weighted by Crippen LogP contribution is -2.36. The van der Waals surface area contributed by atoms with Crippen molar-refractivity contribution in [3.8, 4) is 5.75 Å². The summed E-state index contributed by atoms with van der Waals surface area (Å²) in [7, 11) is 0. The molecule has 1 aromatic carbocycles. The molecule has 0 heterocycles. The molecule has 0 aliphatic heterocycles. The fourth-order valence-corrected chi connectivity index (χ4v) is 1.39. The normalized spacial score (nSPS) is 12.2. The van der Waals surface area contributed by atoms with Crippen molar-refractivity contribution in [1.82, 2.24) is 5.32 Å².